The minimum atomic E-state index is -0.707. The molecule has 1 saturated heterocycles. The molecule has 0 bridgehead atoms. The Labute approximate surface area is 59.7 Å². The van der Waals surface area contributed by atoms with E-state index in [0.717, 1.165) is 11.5 Å². The summed E-state index contributed by atoms with van der Waals surface area (Å²) in [5, 5.41) is 0. The minimum absolute atomic E-state index is 0.707. The van der Waals surface area contributed by atoms with Gasteiger partial charge in [0.25, 0.3) is 0 Å². The van der Waals surface area contributed by atoms with Crippen LogP contribution in [0.2, 0.25) is 24.7 Å². The van der Waals surface area contributed by atoms with Gasteiger partial charge < -0.3 is 0 Å². The summed E-state index contributed by atoms with van der Waals surface area (Å²) >= 11 is 0. The van der Waals surface area contributed by atoms with E-state index in [-0.39, 0.29) is 0 Å². The van der Waals surface area contributed by atoms with Gasteiger partial charge >= 0.3 is 0 Å². The fraction of sp³-hybridized carbons (Fsp3) is 1.00. The predicted octanol–water partition coefficient (Wildman–Crippen LogP) is 3.12. The summed E-state index contributed by atoms with van der Waals surface area (Å²) in [6, 6.07) is 1.56. The van der Waals surface area contributed by atoms with Gasteiger partial charge in [-0.05, 0) is 11.5 Å². The monoisotopic (exact) mass is 142 g/mol. The normalized spacial score (nSPS) is 41.3. The van der Waals surface area contributed by atoms with E-state index in [1.165, 1.54) is 6.42 Å². The van der Waals surface area contributed by atoms with Crippen molar-refractivity contribution in [2.24, 2.45) is 5.92 Å². The third-order valence-corrected chi connectivity index (χ3v) is 7.62. The van der Waals surface area contributed by atoms with Crippen LogP contribution in [0.5, 0.6) is 0 Å². The molecule has 2 unspecified atom stereocenters. The van der Waals surface area contributed by atoms with Crippen molar-refractivity contribution < 1.29 is 0 Å². The van der Waals surface area contributed by atoms with Crippen molar-refractivity contribution in [2.45, 2.75) is 44.9 Å². The molecule has 9 heavy (non-hydrogen) atoms. The molecule has 0 radical (unpaired) electrons. The molecule has 54 valence electrons. The van der Waals surface area contributed by atoms with Crippen LogP contribution < -0.4 is 0 Å². The molecule has 0 amide bonds. The number of hydrogen-bond donors (Lipinski definition) is 0. The molecule has 1 rings (SSSR count). The van der Waals surface area contributed by atoms with Gasteiger partial charge in [-0.15, -0.1) is 0 Å². The summed E-state index contributed by atoms with van der Waals surface area (Å²) in [5.74, 6) is 1.03. The van der Waals surface area contributed by atoms with E-state index in [1.807, 2.05) is 0 Å². The molecule has 1 aliphatic heterocycles. The lowest BCUT2D eigenvalue weighted by Gasteiger charge is -2.19. The first-order valence-electron chi connectivity index (χ1n) is 4.02. The highest BCUT2D eigenvalue weighted by atomic mass is 28.3. The molecule has 1 heterocycles. The van der Waals surface area contributed by atoms with Crippen LogP contribution in [0.4, 0.5) is 0 Å². The molecule has 1 heteroatoms. The molecule has 0 saturated carbocycles. The van der Waals surface area contributed by atoms with E-state index in [4.69, 9.17) is 0 Å². The molecule has 0 aliphatic carbocycles. The maximum atomic E-state index is 2.53. The van der Waals surface area contributed by atoms with Crippen molar-refractivity contribution in [3.63, 3.8) is 0 Å². The molecule has 0 aromatic carbocycles. The van der Waals surface area contributed by atoms with Crippen molar-refractivity contribution in [1.29, 1.82) is 0 Å². The Morgan fingerprint density at radius 2 is 1.78 bits per heavy atom. The van der Waals surface area contributed by atoms with Crippen LogP contribution in [0.25, 0.3) is 0 Å². The van der Waals surface area contributed by atoms with Crippen LogP contribution in [-0.4, -0.2) is 8.07 Å². The van der Waals surface area contributed by atoms with Crippen molar-refractivity contribution in [1.82, 2.24) is 0 Å². The van der Waals surface area contributed by atoms with Gasteiger partial charge in [0, 0.05) is 0 Å². The largest absolute Gasteiger partial charge is 0.0691 e. The molecular weight excluding hydrogens is 124 g/mol. The SMILES string of the molecule is CC1CC(C)[Si](C)(C)C1. The van der Waals surface area contributed by atoms with Gasteiger partial charge in [-0.2, -0.15) is 0 Å². The zero-order valence-electron chi connectivity index (χ0n) is 7.07. The Hall–Kier alpha value is 0.217. The average molecular weight is 142 g/mol. The highest BCUT2D eigenvalue weighted by molar-refractivity contribution is 6.79. The van der Waals surface area contributed by atoms with E-state index in [9.17, 15) is 0 Å². The summed E-state index contributed by atoms with van der Waals surface area (Å²) < 4.78 is 0. The van der Waals surface area contributed by atoms with Gasteiger partial charge in [-0.25, -0.2) is 0 Å². The van der Waals surface area contributed by atoms with E-state index < -0.39 is 8.07 Å². The summed E-state index contributed by atoms with van der Waals surface area (Å²) in [4.78, 5) is 0. The highest BCUT2D eigenvalue weighted by Gasteiger charge is 2.36. The smallest absolute Gasteiger partial charge is 0.0504 e. The molecular formula is C8H18Si. The lowest BCUT2D eigenvalue weighted by molar-refractivity contribution is 0.617. The quantitative estimate of drug-likeness (QED) is 0.456. The Morgan fingerprint density at radius 3 is 1.89 bits per heavy atom. The molecule has 0 N–H and O–H groups in total. The van der Waals surface area contributed by atoms with Gasteiger partial charge in [-0.1, -0.05) is 39.4 Å². The maximum Gasteiger partial charge on any atom is 0.0504 e. The summed E-state index contributed by atoms with van der Waals surface area (Å²) in [7, 11) is -0.707. The van der Waals surface area contributed by atoms with Gasteiger partial charge in [-0.3, -0.25) is 0 Å². The Balaban J connectivity index is 2.58. The van der Waals surface area contributed by atoms with Crippen LogP contribution in [0.1, 0.15) is 20.3 Å². The van der Waals surface area contributed by atoms with Gasteiger partial charge in [0.1, 0.15) is 0 Å². The number of rotatable bonds is 0. The lowest BCUT2D eigenvalue weighted by Crippen LogP contribution is -2.24. The molecule has 1 aliphatic rings. The molecule has 0 aromatic heterocycles. The summed E-state index contributed by atoms with van der Waals surface area (Å²) in [5.41, 5.74) is 1.08. The van der Waals surface area contributed by atoms with E-state index in [2.05, 4.69) is 26.9 Å². The van der Waals surface area contributed by atoms with Crippen LogP contribution in [0.15, 0.2) is 0 Å². The van der Waals surface area contributed by atoms with Crippen LogP contribution >= 0.6 is 0 Å². The summed E-state index contributed by atoms with van der Waals surface area (Å²) in [6.45, 7) is 9.90. The molecule has 0 nitrogen and oxygen atoms in total. The van der Waals surface area contributed by atoms with E-state index in [1.54, 1.807) is 6.04 Å². The molecule has 2 atom stereocenters. The maximum absolute atomic E-state index is 2.53. The fourth-order valence-corrected chi connectivity index (χ4v) is 5.51. The fourth-order valence-electron chi connectivity index (χ4n) is 2.11. The first-order chi connectivity index (χ1) is 4.02. The second kappa shape index (κ2) is 2.12. The van der Waals surface area contributed by atoms with Crippen LogP contribution in [0, 0.1) is 5.92 Å². The molecule has 1 fully saturated rings. The first-order valence-corrected chi connectivity index (χ1v) is 7.31. The highest BCUT2D eigenvalue weighted by Crippen LogP contribution is 2.42. The zero-order valence-corrected chi connectivity index (χ0v) is 8.07. The molecule has 0 aromatic rings. The Morgan fingerprint density at radius 1 is 1.22 bits per heavy atom. The lowest BCUT2D eigenvalue weighted by atomic mass is 10.1. The Bertz CT molecular complexity index is 107. The van der Waals surface area contributed by atoms with E-state index >= 15 is 0 Å². The number of hydrogen-bond acceptors (Lipinski definition) is 0. The average Bonchev–Trinajstić information content (AvgIpc) is 1.79. The van der Waals surface area contributed by atoms with Gasteiger partial charge in [0.05, 0.1) is 8.07 Å². The van der Waals surface area contributed by atoms with Crippen molar-refractivity contribution in [2.75, 3.05) is 0 Å². The van der Waals surface area contributed by atoms with Crippen molar-refractivity contribution in [3.8, 4) is 0 Å². The van der Waals surface area contributed by atoms with Crippen LogP contribution in [0.3, 0.4) is 0 Å². The van der Waals surface area contributed by atoms with Crippen molar-refractivity contribution >= 4 is 8.07 Å². The predicted molar refractivity (Wildman–Crippen MR) is 45.5 cm³/mol. The first kappa shape index (κ1) is 7.33. The van der Waals surface area contributed by atoms with Crippen molar-refractivity contribution in [3.05, 3.63) is 0 Å². The van der Waals surface area contributed by atoms with E-state index in [0.29, 0.717) is 0 Å². The van der Waals surface area contributed by atoms with Crippen LogP contribution in [-0.2, 0) is 0 Å². The standard InChI is InChI=1S/C8H18Si/c1-7-5-8(2)9(3,4)6-7/h7-8H,5-6H2,1-4H3. The zero-order chi connectivity index (χ0) is 7.07. The Kier molecular flexibility index (Phi) is 1.72. The second-order valence-corrected chi connectivity index (χ2v) is 9.81. The topological polar surface area (TPSA) is 0 Å². The van der Waals surface area contributed by atoms with Gasteiger partial charge in [0.15, 0.2) is 0 Å². The van der Waals surface area contributed by atoms with Gasteiger partial charge in [0.2, 0.25) is 0 Å². The third-order valence-electron chi connectivity index (χ3n) is 2.96. The summed E-state index contributed by atoms with van der Waals surface area (Å²) in [6.07, 6.45) is 1.50. The molecule has 0 spiro atoms. The second-order valence-electron chi connectivity index (χ2n) is 4.43. The third kappa shape index (κ3) is 1.37. The minimum Gasteiger partial charge on any atom is -0.0691 e.